The first kappa shape index (κ1) is 36.7. The summed E-state index contributed by atoms with van der Waals surface area (Å²) in [5.74, 6) is 1.07. The summed E-state index contributed by atoms with van der Waals surface area (Å²) in [6.07, 6.45) is 16.5. The molecule has 1 atom stereocenters. The number of unbranched alkanes of at least 4 members (excludes halogenated alkanes) is 12. The van der Waals surface area contributed by atoms with E-state index in [9.17, 15) is 9.59 Å². The third-order valence-electron chi connectivity index (χ3n) is 8.00. The Balaban J connectivity index is 1.35. The van der Waals surface area contributed by atoms with Crippen LogP contribution in [-0.2, 0) is 9.53 Å². The van der Waals surface area contributed by atoms with Gasteiger partial charge in [-0.3, -0.25) is 0 Å². The number of rotatable bonds is 23. The van der Waals surface area contributed by atoms with Crippen molar-refractivity contribution < 1.29 is 28.5 Å². The second kappa shape index (κ2) is 21.9. The molecule has 0 aliphatic heterocycles. The van der Waals surface area contributed by atoms with Crippen LogP contribution in [0.25, 0.3) is 11.1 Å². The molecular weight excluding hydrogens is 576 g/mol. The van der Waals surface area contributed by atoms with Gasteiger partial charge in [0.05, 0.1) is 18.8 Å². The topological polar surface area (TPSA) is 71.1 Å². The second-order valence-electron chi connectivity index (χ2n) is 12.0. The monoisotopic (exact) mass is 630 g/mol. The maximum Gasteiger partial charge on any atom is 0.347 e. The predicted octanol–water partition coefficient (Wildman–Crippen LogP) is 10.8. The molecule has 0 bridgehead atoms. The normalized spacial score (nSPS) is 11.5. The molecule has 1 unspecified atom stereocenters. The van der Waals surface area contributed by atoms with Crippen molar-refractivity contribution >= 4 is 11.9 Å². The Morgan fingerprint density at radius 3 is 1.57 bits per heavy atom. The Labute approximate surface area is 276 Å². The molecule has 0 aliphatic carbocycles. The van der Waals surface area contributed by atoms with Crippen molar-refractivity contribution in [3.8, 4) is 28.4 Å². The Morgan fingerprint density at radius 1 is 0.543 bits per heavy atom. The average molecular weight is 631 g/mol. The molecule has 0 heterocycles. The Kier molecular flexibility index (Phi) is 17.4. The van der Waals surface area contributed by atoms with Gasteiger partial charge in [0, 0.05) is 0 Å². The lowest BCUT2D eigenvalue weighted by atomic mass is 10.1. The van der Waals surface area contributed by atoms with Crippen LogP contribution in [0.4, 0.5) is 0 Å². The highest BCUT2D eigenvalue weighted by molar-refractivity contribution is 5.91. The maximum atomic E-state index is 12.7. The summed E-state index contributed by atoms with van der Waals surface area (Å²) in [7, 11) is 0. The standard InChI is InChI=1S/C40H54O6/c1-4-6-8-10-11-12-13-14-15-17-30-43-36-24-22-35(23-25-36)40(42)46-38-28-20-34(21-29-38)33-18-26-37(27-19-33)45-32(3)39(41)44-31-16-9-7-5-2/h18-29,32H,4-17,30-31H2,1-3H3. The zero-order valence-corrected chi connectivity index (χ0v) is 28.3. The van der Waals surface area contributed by atoms with Gasteiger partial charge in [-0.1, -0.05) is 115 Å². The minimum Gasteiger partial charge on any atom is -0.494 e. The van der Waals surface area contributed by atoms with E-state index in [-0.39, 0.29) is 5.97 Å². The SMILES string of the molecule is CCCCCCCCCCCCOc1ccc(C(=O)Oc2ccc(-c3ccc(OC(C)C(=O)OCCCCCC)cc3)cc2)cc1. The summed E-state index contributed by atoms with van der Waals surface area (Å²) in [5, 5.41) is 0. The summed E-state index contributed by atoms with van der Waals surface area (Å²) in [5.41, 5.74) is 2.42. The molecule has 0 saturated carbocycles. The van der Waals surface area contributed by atoms with Crippen molar-refractivity contribution in [1.82, 2.24) is 0 Å². The van der Waals surface area contributed by atoms with Crippen LogP contribution >= 0.6 is 0 Å². The lowest BCUT2D eigenvalue weighted by molar-refractivity contribution is -0.151. The highest BCUT2D eigenvalue weighted by Crippen LogP contribution is 2.26. The van der Waals surface area contributed by atoms with E-state index in [4.69, 9.17) is 18.9 Å². The summed E-state index contributed by atoms with van der Waals surface area (Å²) in [6.45, 7) is 7.22. The van der Waals surface area contributed by atoms with Crippen molar-refractivity contribution in [3.05, 3.63) is 78.4 Å². The number of esters is 2. The quantitative estimate of drug-likeness (QED) is 0.0590. The van der Waals surface area contributed by atoms with E-state index in [1.54, 1.807) is 31.2 Å². The fourth-order valence-electron chi connectivity index (χ4n) is 5.15. The average Bonchev–Trinajstić information content (AvgIpc) is 3.08. The Bertz CT molecular complexity index is 1250. The van der Waals surface area contributed by atoms with E-state index < -0.39 is 12.1 Å². The van der Waals surface area contributed by atoms with Crippen molar-refractivity contribution in [2.24, 2.45) is 0 Å². The molecule has 46 heavy (non-hydrogen) atoms. The number of carbonyl (C=O) groups is 2. The van der Waals surface area contributed by atoms with Crippen LogP contribution < -0.4 is 14.2 Å². The molecule has 3 aromatic rings. The van der Waals surface area contributed by atoms with E-state index in [1.165, 1.54) is 57.8 Å². The van der Waals surface area contributed by atoms with Crippen LogP contribution in [0.15, 0.2) is 72.8 Å². The number of hydrogen-bond donors (Lipinski definition) is 0. The molecule has 0 radical (unpaired) electrons. The van der Waals surface area contributed by atoms with Gasteiger partial charge in [0.1, 0.15) is 17.2 Å². The summed E-state index contributed by atoms with van der Waals surface area (Å²) >= 11 is 0. The zero-order chi connectivity index (χ0) is 32.8. The van der Waals surface area contributed by atoms with E-state index in [2.05, 4.69) is 13.8 Å². The van der Waals surface area contributed by atoms with Crippen molar-refractivity contribution in [2.75, 3.05) is 13.2 Å². The van der Waals surface area contributed by atoms with Gasteiger partial charge in [-0.25, -0.2) is 9.59 Å². The second-order valence-corrected chi connectivity index (χ2v) is 12.0. The van der Waals surface area contributed by atoms with Crippen LogP contribution in [-0.4, -0.2) is 31.3 Å². The van der Waals surface area contributed by atoms with Gasteiger partial charge in [0.25, 0.3) is 0 Å². The number of hydrogen-bond acceptors (Lipinski definition) is 6. The Morgan fingerprint density at radius 2 is 1.00 bits per heavy atom. The summed E-state index contributed by atoms with van der Waals surface area (Å²) in [6, 6.07) is 22.0. The van der Waals surface area contributed by atoms with Crippen molar-refractivity contribution in [2.45, 2.75) is 117 Å². The molecular formula is C40H54O6. The van der Waals surface area contributed by atoms with Crippen molar-refractivity contribution in [3.63, 3.8) is 0 Å². The first-order chi connectivity index (χ1) is 22.5. The number of benzene rings is 3. The third kappa shape index (κ3) is 14.1. The van der Waals surface area contributed by atoms with Crippen molar-refractivity contribution in [1.29, 1.82) is 0 Å². The van der Waals surface area contributed by atoms with Crippen LogP contribution in [0.3, 0.4) is 0 Å². The molecule has 0 aliphatic rings. The van der Waals surface area contributed by atoms with E-state index in [0.29, 0.717) is 30.3 Å². The van der Waals surface area contributed by atoms with E-state index in [0.717, 1.165) is 49.0 Å². The molecule has 250 valence electrons. The lowest BCUT2D eigenvalue weighted by Crippen LogP contribution is -2.26. The zero-order valence-electron chi connectivity index (χ0n) is 28.3. The molecule has 0 fully saturated rings. The fourth-order valence-corrected chi connectivity index (χ4v) is 5.15. The first-order valence-electron chi connectivity index (χ1n) is 17.5. The van der Waals surface area contributed by atoms with Gasteiger partial charge in [-0.2, -0.15) is 0 Å². The molecule has 0 spiro atoms. The largest absolute Gasteiger partial charge is 0.494 e. The van der Waals surface area contributed by atoms with Gasteiger partial charge in [-0.15, -0.1) is 0 Å². The maximum absolute atomic E-state index is 12.7. The van der Waals surface area contributed by atoms with E-state index >= 15 is 0 Å². The fraction of sp³-hybridized carbons (Fsp3) is 0.500. The van der Waals surface area contributed by atoms with Gasteiger partial charge in [-0.05, 0) is 79.4 Å². The molecule has 0 saturated heterocycles. The summed E-state index contributed by atoms with van der Waals surface area (Å²) in [4.78, 5) is 24.9. The predicted molar refractivity (Wildman–Crippen MR) is 186 cm³/mol. The van der Waals surface area contributed by atoms with Gasteiger partial charge < -0.3 is 18.9 Å². The minimum absolute atomic E-state index is 0.352. The minimum atomic E-state index is -0.677. The number of ether oxygens (including phenoxy) is 4. The molecule has 6 heteroatoms. The van der Waals surface area contributed by atoms with Gasteiger partial charge in [0.15, 0.2) is 6.10 Å². The smallest absolute Gasteiger partial charge is 0.347 e. The summed E-state index contributed by atoms with van der Waals surface area (Å²) < 4.78 is 22.6. The molecule has 3 rings (SSSR count). The number of carbonyl (C=O) groups excluding carboxylic acids is 2. The molecule has 0 aromatic heterocycles. The molecule has 6 nitrogen and oxygen atoms in total. The van der Waals surface area contributed by atoms with Gasteiger partial charge >= 0.3 is 11.9 Å². The van der Waals surface area contributed by atoms with Gasteiger partial charge in [0.2, 0.25) is 0 Å². The lowest BCUT2D eigenvalue weighted by Gasteiger charge is -2.14. The molecule has 0 amide bonds. The van der Waals surface area contributed by atoms with Crippen LogP contribution in [0.1, 0.15) is 121 Å². The first-order valence-corrected chi connectivity index (χ1v) is 17.5. The molecule has 3 aromatic carbocycles. The molecule has 0 N–H and O–H groups in total. The highest BCUT2D eigenvalue weighted by atomic mass is 16.6. The van der Waals surface area contributed by atoms with Crippen LogP contribution in [0.2, 0.25) is 0 Å². The van der Waals surface area contributed by atoms with E-state index in [1.807, 2.05) is 48.5 Å². The van der Waals surface area contributed by atoms with Crippen LogP contribution in [0, 0.1) is 0 Å². The highest BCUT2D eigenvalue weighted by Gasteiger charge is 2.16. The third-order valence-corrected chi connectivity index (χ3v) is 8.00. The Hall–Kier alpha value is -3.80. The van der Waals surface area contributed by atoms with Crippen LogP contribution in [0.5, 0.6) is 17.2 Å².